The molecule has 30 heavy (non-hydrogen) atoms. The van der Waals surface area contributed by atoms with E-state index in [4.69, 9.17) is 4.98 Å². The van der Waals surface area contributed by atoms with Crippen molar-refractivity contribution in [3.05, 3.63) is 84.8 Å². The lowest BCUT2D eigenvalue weighted by molar-refractivity contribution is 0.863. The van der Waals surface area contributed by atoms with Crippen molar-refractivity contribution in [3.63, 3.8) is 0 Å². The molecule has 2 aromatic carbocycles. The summed E-state index contributed by atoms with van der Waals surface area (Å²) in [6.45, 7) is 3.84. The van der Waals surface area contributed by atoms with Crippen LogP contribution in [0, 0.1) is 13.8 Å². The van der Waals surface area contributed by atoms with Crippen molar-refractivity contribution in [3.8, 4) is 16.8 Å². The van der Waals surface area contributed by atoms with E-state index in [9.17, 15) is 0 Å². The molecule has 0 saturated heterocycles. The third kappa shape index (κ3) is 3.48. The Balaban J connectivity index is 1.46. The van der Waals surface area contributed by atoms with Gasteiger partial charge < -0.3 is 5.32 Å². The van der Waals surface area contributed by atoms with Gasteiger partial charge in [0.05, 0.1) is 11.2 Å². The van der Waals surface area contributed by atoms with Crippen LogP contribution in [0.3, 0.4) is 0 Å². The minimum absolute atomic E-state index is 0.541. The molecule has 3 aromatic heterocycles. The third-order valence-electron chi connectivity index (χ3n) is 4.83. The maximum atomic E-state index is 4.78. The monoisotopic (exact) mass is 393 g/mol. The molecule has 0 saturated carbocycles. The molecule has 0 bridgehead atoms. The van der Waals surface area contributed by atoms with Crippen molar-refractivity contribution >= 4 is 22.5 Å². The predicted octanol–water partition coefficient (Wildman–Crippen LogP) is 4.63. The Morgan fingerprint density at radius 3 is 2.43 bits per heavy atom. The normalized spacial score (nSPS) is 11.0. The van der Waals surface area contributed by atoms with Crippen LogP contribution in [0.2, 0.25) is 0 Å². The van der Waals surface area contributed by atoms with Gasteiger partial charge in [-0.15, -0.1) is 0 Å². The Morgan fingerprint density at radius 2 is 1.70 bits per heavy atom. The second-order valence-electron chi connectivity index (χ2n) is 7.03. The van der Waals surface area contributed by atoms with E-state index in [0.29, 0.717) is 5.95 Å². The van der Waals surface area contributed by atoms with E-state index in [1.807, 2.05) is 68.7 Å². The summed E-state index contributed by atoms with van der Waals surface area (Å²) in [5.74, 6) is 1.28. The van der Waals surface area contributed by atoms with Gasteiger partial charge in [-0.2, -0.15) is 5.10 Å². The minimum Gasteiger partial charge on any atom is -0.324 e. The Bertz CT molecular complexity index is 1320. The number of nitrogens with one attached hydrogen (secondary N) is 1. The van der Waals surface area contributed by atoms with E-state index in [1.165, 1.54) is 0 Å². The van der Waals surface area contributed by atoms with E-state index in [2.05, 4.69) is 37.5 Å². The Hall–Kier alpha value is -4.13. The first-order chi connectivity index (χ1) is 14.7. The third-order valence-corrected chi connectivity index (χ3v) is 4.83. The highest BCUT2D eigenvalue weighted by atomic mass is 15.3. The molecule has 5 rings (SSSR count). The van der Waals surface area contributed by atoms with Crippen molar-refractivity contribution in [1.82, 2.24) is 29.7 Å². The molecule has 3 heterocycles. The van der Waals surface area contributed by atoms with E-state index < -0.39 is 0 Å². The molecule has 0 unspecified atom stereocenters. The topological polar surface area (TPSA) is 81.4 Å². The first kappa shape index (κ1) is 17.9. The lowest BCUT2D eigenvalue weighted by Gasteiger charge is -2.09. The fourth-order valence-electron chi connectivity index (χ4n) is 3.27. The van der Waals surface area contributed by atoms with Crippen LogP contribution < -0.4 is 5.32 Å². The van der Waals surface area contributed by atoms with Crippen molar-refractivity contribution < 1.29 is 0 Å². The average Bonchev–Trinajstić information content (AvgIpc) is 3.21. The number of benzene rings is 2. The summed E-state index contributed by atoms with van der Waals surface area (Å²) in [6.07, 6.45) is 5.41. The number of hydrogen-bond donors (Lipinski definition) is 1. The van der Waals surface area contributed by atoms with Gasteiger partial charge in [-0.25, -0.2) is 19.6 Å². The molecule has 146 valence electrons. The highest BCUT2D eigenvalue weighted by Crippen LogP contribution is 2.28. The lowest BCUT2D eigenvalue weighted by atomic mass is 10.0. The first-order valence-electron chi connectivity index (χ1n) is 9.60. The molecule has 0 fully saturated rings. The molecule has 7 nitrogen and oxygen atoms in total. The second kappa shape index (κ2) is 7.36. The van der Waals surface area contributed by atoms with Gasteiger partial charge in [-0.1, -0.05) is 24.3 Å². The van der Waals surface area contributed by atoms with Crippen molar-refractivity contribution in [2.24, 2.45) is 0 Å². The standard InChI is InChI=1S/C23H19N7/c1-15-6-7-17(12-24-15)21-5-3-4-18-13-25-23(28-22(18)21)27-19-8-10-20(11-9-19)30-14-26-16(2)29-30/h3-14H,1-2H3,(H,25,27,28). The molecule has 0 aliphatic carbocycles. The van der Waals surface area contributed by atoms with Crippen LogP contribution in [0.5, 0.6) is 0 Å². The van der Waals surface area contributed by atoms with Gasteiger partial charge in [-0.05, 0) is 44.2 Å². The van der Waals surface area contributed by atoms with Crippen LogP contribution in [-0.2, 0) is 0 Å². The summed E-state index contributed by atoms with van der Waals surface area (Å²) in [4.78, 5) is 17.8. The summed E-state index contributed by atoms with van der Waals surface area (Å²) in [6, 6.07) is 18.0. The van der Waals surface area contributed by atoms with Gasteiger partial charge in [0, 0.05) is 40.3 Å². The van der Waals surface area contributed by atoms with Gasteiger partial charge in [-0.3, -0.25) is 4.98 Å². The molecule has 0 aliphatic rings. The van der Waals surface area contributed by atoms with Crippen LogP contribution in [0.1, 0.15) is 11.5 Å². The molecular formula is C23H19N7. The average molecular weight is 393 g/mol. The van der Waals surface area contributed by atoms with Crippen molar-refractivity contribution in [2.75, 3.05) is 5.32 Å². The summed E-state index contributed by atoms with van der Waals surface area (Å²) in [5, 5.41) is 8.59. The van der Waals surface area contributed by atoms with Crippen LogP contribution in [-0.4, -0.2) is 29.7 Å². The molecule has 0 aliphatic heterocycles. The molecule has 5 aromatic rings. The van der Waals surface area contributed by atoms with Gasteiger partial charge in [0.2, 0.25) is 5.95 Å². The number of aromatic nitrogens is 6. The molecule has 0 spiro atoms. The summed E-state index contributed by atoms with van der Waals surface area (Å²) in [7, 11) is 0. The highest BCUT2D eigenvalue weighted by Gasteiger charge is 2.08. The Kier molecular flexibility index (Phi) is 4.40. The van der Waals surface area contributed by atoms with Crippen LogP contribution in [0.25, 0.3) is 27.7 Å². The van der Waals surface area contributed by atoms with Crippen LogP contribution in [0.15, 0.2) is 73.3 Å². The SMILES string of the molecule is Cc1ccc(-c2cccc3cnc(Nc4ccc(-n5cnc(C)n5)cc4)nc23)cn1. The maximum absolute atomic E-state index is 4.78. The van der Waals surface area contributed by atoms with E-state index in [0.717, 1.165) is 44.9 Å². The zero-order chi connectivity index (χ0) is 20.5. The fourth-order valence-corrected chi connectivity index (χ4v) is 3.27. The number of para-hydroxylation sites is 1. The summed E-state index contributed by atoms with van der Waals surface area (Å²) in [5.41, 5.74) is 5.76. The second-order valence-corrected chi connectivity index (χ2v) is 7.03. The number of fused-ring (bicyclic) bond motifs is 1. The first-order valence-corrected chi connectivity index (χ1v) is 9.60. The molecule has 0 radical (unpaired) electrons. The maximum Gasteiger partial charge on any atom is 0.227 e. The number of hydrogen-bond acceptors (Lipinski definition) is 6. The smallest absolute Gasteiger partial charge is 0.227 e. The molecule has 7 heteroatoms. The van der Waals surface area contributed by atoms with Crippen LogP contribution in [0.4, 0.5) is 11.6 Å². The van der Waals surface area contributed by atoms with Gasteiger partial charge >= 0.3 is 0 Å². The molecular weight excluding hydrogens is 374 g/mol. The summed E-state index contributed by atoms with van der Waals surface area (Å²) >= 11 is 0. The number of aryl methyl sites for hydroxylation is 2. The number of pyridine rings is 1. The van der Waals surface area contributed by atoms with Gasteiger partial charge in [0.1, 0.15) is 12.2 Å². The fraction of sp³-hybridized carbons (Fsp3) is 0.0870. The lowest BCUT2D eigenvalue weighted by Crippen LogP contribution is -1.99. The largest absolute Gasteiger partial charge is 0.324 e. The number of nitrogens with zero attached hydrogens (tertiary/aromatic N) is 6. The van der Waals surface area contributed by atoms with E-state index in [1.54, 1.807) is 11.0 Å². The van der Waals surface area contributed by atoms with Crippen molar-refractivity contribution in [1.29, 1.82) is 0 Å². The summed E-state index contributed by atoms with van der Waals surface area (Å²) < 4.78 is 1.74. The van der Waals surface area contributed by atoms with E-state index in [-0.39, 0.29) is 0 Å². The van der Waals surface area contributed by atoms with Crippen LogP contribution >= 0.6 is 0 Å². The van der Waals surface area contributed by atoms with Crippen molar-refractivity contribution in [2.45, 2.75) is 13.8 Å². The van der Waals surface area contributed by atoms with E-state index >= 15 is 0 Å². The van der Waals surface area contributed by atoms with Gasteiger partial charge in [0.25, 0.3) is 0 Å². The minimum atomic E-state index is 0.541. The zero-order valence-electron chi connectivity index (χ0n) is 16.6. The van der Waals surface area contributed by atoms with Gasteiger partial charge in [0.15, 0.2) is 0 Å². The molecule has 0 atom stereocenters. The Labute approximate surface area is 173 Å². The number of rotatable bonds is 4. The zero-order valence-corrected chi connectivity index (χ0v) is 16.6. The number of anilines is 2. The molecule has 1 N–H and O–H groups in total. The Morgan fingerprint density at radius 1 is 0.833 bits per heavy atom. The predicted molar refractivity (Wildman–Crippen MR) is 117 cm³/mol. The quantitative estimate of drug-likeness (QED) is 0.479. The molecule has 0 amide bonds. The highest BCUT2D eigenvalue weighted by molar-refractivity contribution is 5.93.